The molecule has 0 aromatic heterocycles. The van der Waals surface area contributed by atoms with E-state index in [4.69, 9.17) is 14.6 Å². The van der Waals surface area contributed by atoms with Crippen LogP contribution in [0.4, 0.5) is 4.79 Å². The number of hydrogen-bond donors (Lipinski definition) is 1. The molecule has 0 aliphatic carbocycles. The number of aromatic carboxylic acids is 1. The molecule has 0 saturated heterocycles. The van der Waals surface area contributed by atoms with Gasteiger partial charge in [0.05, 0.1) is 12.2 Å². The number of rotatable bonds is 9. The summed E-state index contributed by atoms with van der Waals surface area (Å²) in [5.41, 5.74) is 0.141. The predicted octanol–water partition coefficient (Wildman–Crippen LogP) is 4.26. The van der Waals surface area contributed by atoms with Crippen LogP contribution < -0.4 is 4.74 Å². The normalized spacial score (nSPS) is 10.1. The Morgan fingerprint density at radius 1 is 1.00 bits per heavy atom. The summed E-state index contributed by atoms with van der Waals surface area (Å²) in [6.45, 7) is 2.51. The molecule has 1 rings (SSSR count). The third kappa shape index (κ3) is 7.34. The number of hydrogen-bond acceptors (Lipinski definition) is 4. The third-order valence-corrected chi connectivity index (χ3v) is 3.02. The molecular weight excluding hydrogens is 272 g/mol. The van der Waals surface area contributed by atoms with Crippen LogP contribution in [0.15, 0.2) is 24.3 Å². The molecule has 5 heteroatoms. The van der Waals surface area contributed by atoms with Gasteiger partial charge >= 0.3 is 12.1 Å². The van der Waals surface area contributed by atoms with Gasteiger partial charge in [-0.15, -0.1) is 0 Å². The van der Waals surface area contributed by atoms with E-state index in [0.29, 0.717) is 6.61 Å². The lowest BCUT2D eigenvalue weighted by Crippen LogP contribution is -2.11. The van der Waals surface area contributed by atoms with Crippen LogP contribution in [0.2, 0.25) is 0 Å². The molecule has 0 heterocycles. The van der Waals surface area contributed by atoms with Crippen molar-refractivity contribution in [2.45, 2.75) is 45.4 Å². The Balaban J connectivity index is 2.17. The van der Waals surface area contributed by atoms with E-state index in [9.17, 15) is 9.59 Å². The zero-order valence-corrected chi connectivity index (χ0v) is 12.3. The first-order chi connectivity index (χ1) is 10.1. The highest BCUT2D eigenvalue weighted by Gasteiger charge is 2.07. The lowest BCUT2D eigenvalue weighted by molar-refractivity contribution is 0.0697. The largest absolute Gasteiger partial charge is 0.513 e. The van der Waals surface area contributed by atoms with Gasteiger partial charge in [-0.25, -0.2) is 9.59 Å². The smallest absolute Gasteiger partial charge is 0.478 e. The van der Waals surface area contributed by atoms with Crippen LogP contribution in [-0.4, -0.2) is 23.8 Å². The van der Waals surface area contributed by atoms with Gasteiger partial charge in [0.1, 0.15) is 5.75 Å². The lowest BCUT2D eigenvalue weighted by Gasteiger charge is -2.06. The molecule has 1 N–H and O–H groups in total. The Morgan fingerprint density at radius 2 is 1.62 bits per heavy atom. The average Bonchev–Trinajstić information content (AvgIpc) is 2.47. The molecule has 0 unspecified atom stereocenters. The maximum absolute atomic E-state index is 11.4. The van der Waals surface area contributed by atoms with E-state index in [1.807, 2.05) is 0 Å². The maximum Gasteiger partial charge on any atom is 0.513 e. The molecule has 0 aliphatic rings. The summed E-state index contributed by atoms with van der Waals surface area (Å²) in [5, 5.41) is 8.75. The van der Waals surface area contributed by atoms with Crippen LogP contribution in [0, 0.1) is 0 Å². The van der Waals surface area contributed by atoms with Crippen molar-refractivity contribution in [2.75, 3.05) is 6.61 Å². The number of benzene rings is 1. The van der Waals surface area contributed by atoms with Crippen molar-refractivity contribution in [1.29, 1.82) is 0 Å². The topological polar surface area (TPSA) is 72.8 Å². The molecule has 0 saturated carbocycles. The fourth-order valence-electron chi connectivity index (χ4n) is 1.83. The molecule has 5 nitrogen and oxygen atoms in total. The van der Waals surface area contributed by atoms with Gasteiger partial charge in [-0.05, 0) is 30.7 Å². The minimum absolute atomic E-state index is 0.141. The van der Waals surface area contributed by atoms with E-state index in [2.05, 4.69) is 6.92 Å². The van der Waals surface area contributed by atoms with E-state index < -0.39 is 12.1 Å². The molecule has 0 atom stereocenters. The summed E-state index contributed by atoms with van der Waals surface area (Å²) in [6, 6.07) is 5.60. The van der Waals surface area contributed by atoms with Gasteiger partial charge in [-0.1, -0.05) is 39.0 Å². The molecule has 21 heavy (non-hydrogen) atoms. The highest BCUT2D eigenvalue weighted by molar-refractivity contribution is 5.87. The van der Waals surface area contributed by atoms with Crippen LogP contribution in [-0.2, 0) is 4.74 Å². The highest BCUT2D eigenvalue weighted by atomic mass is 16.7. The predicted molar refractivity (Wildman–Crippen MR) is 78.8 cm³/mol. The molecule has 1 aromatic carbocycles. The van der Waals surface area contributed by atoms with Crippen molar-refractivity contribution in [1.82, 2.24) is 0 Å². The van der Waals surface area contributed by atoms with E-state index in [1.54, 1.807) is 0 Å². The minimum Gasteiger partial charge on any atom is -0.478 e. The van der Waals surface area contributed by atoms with Crippen LogP contribution in [0.5, 0.6) is 5.75 Å². The van der Waals surface area contributed by atoms with Crippen molar-refractivity contribution >= 4 is 12.1 Å². The average molecular weight is 294 g/mol. The van der Waals surface area contributed by atoms with Crippen molar-refractivity contribution in [3.63, 3.8) is 0 Å². The molecule has 0 fully saturated rings. The van der Waals surface area contributed by atoms with Gasteiger partial charge in [0, 0.05) is 0 Å². The quantitative estimate of drug-likeness (QED) is 0.418. The Bertz CT molecular complexity index is 438. The molecule has 1 aromatic rings. The van der Waals surface area contributed by atoms with Crippen LogP contribution >= 0.6 is 0 Å². The SMILES string of the molecule is CCCCCCCCOC(=O)Oc1ccc(C(=O)O)cc1. The van der Waals surface area contributed by atoms with E-state index >= 15 is 0 Å². The zero-order valence-electron chi connectivity index (χ0n) is 12.3. The Kier molecular flexibility index (Phi) is 7.94. The van der Waals surface area contributed by atoms with Crippen LogP contribution in [0.3, 0.4) is 0 Å². The second kappa shape index (κ2) is 9.80. The number of carbonyl (C=O) groups excluding carboxylic acids is 1. The summed E-state index contributed by atoms with van der Waals surface area (Å²) in [4.78, 5) is 22.1. The van der Waals surface area contributed by atoms with Crippen LogP contribution in [0.25, 0.3) is 0 Å². The fraction of sp³-hybridized carbons (Fsp3) is 0.500. The zero-order chi connectivity index (χ0) is 15.5. The van der Waals surface area contributed by atoms with Gasteiger partial charge in [0.2, 0.25) is 0 Å². The molecule has 0 spiro atoms. The van der Waals surface area contributed by atoms with Gasteiger partial charge < -0.3 is 14.6 Å². The maximum atomic E-state index is 11.4. The number of carboxylic acid groups (broad SMARTS) is 1. The van der Waals surface area contributed by atoms with Crippen LogP contribution in [0.1, 0.15) is 55.8 Å². The van der Waals surface area contributed by atoms with Crippen molar-refractivity contribution in [3.8, 4) is 5.75 Å². The summed E-state index contributed by atoms with van der Waals surface area (Å²) in [6.07, 6.45) is 5.95. The molecule has 0 radical (unpaired) electrons. The number of ether oxygens (including phenoxy) is 2. The van der Waals surface area contributed by atoms with Gasteiger partial charge in [-0.2, -0.15) is 0 Å². The van der Waals surface area contributed by atoms with Crippen molar-refractivity contribution in [2.24, 2.45) is 0 Å². The van der Waals surface area contributed by atoms with Crippen molar-refractivity contribution < 1.29 is 24.2 Å². The highest BCUT2D eigenvalue weighted by Crippen LogP contribution is 2.13. The molecule has 0 amide bonds. The van der Waals surface area contributed by atoms with Gasteiger partial charge in [0.15, 0.2) is 0 Å². The first-order valence-electron chi connectivity index (χ1n) is 7.31. The standard InChI is InChI=1S/C16H22O5/c1-2-3-4-5-6-7-12-20-16(19)21-14-10-8-13(9-11-14)15(17)18/h8-11H,2-7,12H2,1H3,(H,17,18). The van der Waals surface area contributed by atoms with Crippen molar-refractivity contribution in [3.05, 3.63) is 29.8 Å². The molecule has 0 bridgehead atoms. The first-order valence-corrected chi connectivity index (χ1v) is 7.31. The van der Waals surface area contributed by atoms with Gasteiger partial charge in [0.25, 0.3) is 0 Å². The minimum atomic E-state index is -1.02. The summed E-state index contributed by atoms with van der Waals surface area (Å²) in [5.74, 6) is -0.750. The summed E-state index contributed by atoms with van der Waals surface area (Å²) < 4.78 is 9.89. The van der Waals surface area contributed by atoms with Gasteiger partial charge in [-0.3, -0.25) is 0 Å². The number of unbranched alkanes of at least 4 members (excludes halogenated alkanes) is 5. The van der Waals surface area contributed by atoms with E-state index in [-0.39, 0.29) is 11.3 Å². The summed E-state index contributed by atoms with van der Waals surface area (Å²) in [7, 11) is 0. The van der Waals surface area contributed by atoms with E-state index in [1.165, 1.54) is 43.5 Å². The Morgan fingerprint density at radius 3 is 2.24 bits per heavy atom. The first kappa shape index (κ1) is 17.0. The lowest BCUT2D eigenvalue weighted by atomic mass is 10.1. The molecule has 116 valence electrons. The Hall–Kier alpha value is -2.04. The second-order valence-electron chi connectivity index (χ2n) is 4.80. The summed E-state index contributed by atoms with van der Waals surface area (Å²) >= 11 is 0. The Labute approximate surface area is 124 Å². The fourth-order valence-corrected chi connectivity index (χ4v) is 1.83. The number of carboxylic acids is 1. The molecule has 0 aliphatic heterocycles. The third-order valence-electron chi connectivity index (χ3n) is 3.02. The molecular formula is C16H22O5. The number of carbonyl (C=O) groups is 2. The monoisotopic (exact) mass is 294 g/mol. The van der Waals surface area contributed by atoms with E-state index in [0.717, 1.165) is 19.3 Å². The second-order valence-corrected chi connectivity index (χ2v) is 4.80.